The normalized spacial score (nSPS) is 21.9. The maximum absolute atomic E-state index is 13.7. The van der Waals surface area contributed by atoms with Crippen molar-refractivity contribution in [3.05, 3.63) is 29.6 Å². The third-order valence-corrected chi connectivity index (χ3v) is 3.54. The molecule has 1 amide bonds. The van der Waals surface area contributed by atoms with Gasteiger partial charge in [-0.15, -0.1) is 0 Å². The van der Waals surface area contributed by atoms with Crippen molar-refractivity contribution in [2.45, 2.75) is 26.3 Å². The molecule has 2 rings (SSSR count). The third-order valence-electron chi connectivity index (χ3n) is 3.54. The number of hydrogen-bond acceptors (Lipinski definition) is 3. The number of rotatable bonds is 5. The van der Waals surface area contributed by atoms with Gasteiger partial charge in [-0.2, -0.15) is 0 Å². The van der Waals surface area contributed by atoms with E-state index in [9.17, 15) is 9.18 Å². The number of anilines is 1. The number of carbonyl (C=O) groups excluding carboxylic acids is 1. The first-order valence-corrected chi connectivity index (χ1v) is 7.00. The van der Waals surface area contributed by atoms with Crippen molar-refractivity contribution in [3.63, 3.8) is 0 Å². The fourth-order valence-electron chi connectivity index (χ4n) is 2.35. The fraction of sp³-hybridized carbons (Fsp3) is 0.533. The van der Waals surface area contributed by atoms with Crippen LogP contribution in [0.4, 0.5) is 10.1 Å². The monoisotopic (exact) mass is 280 g/mol. The maximum Gasteiger partial charge on any atom is 0.231 e. The highest BCUT2D eigenvalue weighted by molar-refractivity contribution is 5.94. The predicted octanol–water partition coefficient (Wildman–Crippen LogP) is 2.09. The number of aryl methyl sites for hydroxylation is 1. The van der Waals surface area contributed by atoms with Crippen LogP contribution in [0.5, 0.6) is 0 Å². The molecule has 0 saturated carbocycles. The molecule has 0 aliphatic carbocycles. The summed E-state index contributed by atoms with van der Waals surface area (Å²) in [4.78, 5) is 12.3. The van der Waals surface area contributed by atoms with Crippen LogP contribution in [-0.4, -0.2) is 31.7 Å². The Morgan fingerprint density at radius 3 is 2.95 bits per heavy atom. The van der Waals surface area contributed by atoms with Gasteiger partial charge in [0.2, 0.25) is 5.91 Å². The van der Waals surface area contributed by atoms with Crippen LogP contribution in [0.15, 0.2) is 18.2 Å². The molecule has 1 heterocycles. The van der Waals surface area contributed by atoms with Gasteiger partial charge in [-0.3, -0.25) is 4.79 Å². The Balaban J connectivity index is 2.04. The van der Waals surface area contributed by atoms with E-state index in [2.05, 4.69) is 17.6 Å². The molecule has 1 aliphatic heterocycles. The summed E-state index contributed by atoms with van der Waals surface area (Å²) in [5, 5.41) is 5.99. The van der Waals surface area contributed by atoms with E-state index in [-0.39, 0.29) is 23.6 Å². The second-order valence-electron chi connectivity index (χ2n) is 5.13. The van der Waals surface area contributed by atoms with Crippen LogP contribution in [0.1, 0.15) is 18.9 Å². The Hall–Kier alpha value is -1.46. The topological polar surface area (TPSA) is 50.4 Å². The van der Waals surface area contributed by atoms with Crippen LogP contribution in [0.3, 0.4) is 0 Å². The lowest BCUT2D eigenvalue weighted by atomic mass is 10.0. The van der Waals surface area contributed by atoms with E-state index in [1.807, 2.05) is 0 Å². The van der Waals surface area contributed by atoms with Crippen LogP contribution >= 0.6 is 0 Å². The lowest BCUT2D eigenvalue weighted by Crippen LogP contribution is -2.41. The van der Waals surface area contributed by atoms with Gasteiger partial charge in [0, 0.05) is 6.04 Å². The van der Waals surface area contributed by atoms with E-state index < -0.39 is 5.82 Å². The quantitative estimate of drug-likeness (QED) is 0.868. The van der Waals surface area contributed by atoms with E-state index in [1.165, 1.54) is 6.07 Å². The van der Waals surface area contributed by atoms with Crippen molar-refractivity contribution >= 4 is 11.6 Å². The second kappa shape index (κ2) is 6.81. The first-order valence-electron chi connectivity index (χ1n) is 7.00. The molecule has 0 spiro atoms. The Morgan fingerprint density at radius 2 is 2.25 bits per heavy atom. The molecule has 5 heteroatoms. The first kappa shape index (κ1) is 14.9. The van der Waals surface area contributed by atoms with Crippen LogP contribution in [0, 0.1) is 18.7 Å². The van der Waals surface area contributed by atoms with Crippen LogP contribution in [0.25, 0.3) is 0 Å². The van der Waals surface area contributed by atoms with Crippen LogP contribution in [-0.2, 0) is 9.53 Å². The molecule has 0 aromatic heterocycles. The lowest BCUT2D eigenvalue weighted by Gasteiger charge is -2.19. The molecule has 1 aliphatic rings. The molecule has 20 heavy (non-hydrogen) atoms. The van der Waals surface area contributed by atoms with Crippen molar-refractivity contribution in [2.24, 2.45) is 5.92 Å². The molecule has 1 fully saturated rings. The smallest absolute Gasteiger partial charge is 0.231 e. The maximum atomic E-state index is 13.7. The molecule has 2 N–H and O–H groups in total. The van der Waals surface area contributed by atoms with Crippen molar-refractivity contribution < 1.29 is 13.9 Å². The molecule has 1 aromatic carbocycles. The van der Waals surface area contributed by atoms with Crippen molar-refractivity contribution in [2.75, 3.05) is 25.1 Å². The van der Waals surface area contributed by atoms with E-state index >= 15 is 0 Å². The summed E-state index contributed by atoms with van der Waals surface area (Å²) in [5.41, 5.74) is 0.981. The minimum absolute atomic E-state index is 0.00188. The molecule has 4 nitrogen and oxygen atoms in total. The summed E-state index contributed by atoms with van der Waals surface area (Å²) in [5.74, 6) is -0.875. The number of halogens is 1. The molecule has 2 unspecified atom stereocenters. The summed E-state index contributed by atoms with van der Waals surface area (Å²) in [6.07, 6.45) is 0.997. The van der Waals surface area contributed by atoms with Gasteiger partial charge >= 0.3 is 0 Å². The van der Waals surface area contributed by atoms with Gasteiger partial charge < -0.3 is 15.4 Å². The van der Waals surface area contributed by atoms with Crippen molar-refractivity contribution in [1.29, 1.82) is 0 Å². The molecule has 110 valence electrons. The number of carbonyl (C=O) groups is 1. The largest absolute Gasteiger partial charge is 0.379 e. The zero-order valence-corrected chi connectivity index (χ0v) is 11.9. The van der Waals surface area contributed by atoms with Gasteiger partial charge in [0.1, 0.15) is 5.82 Å². The van der Waals surface area contributed by atoms with Crippen molar-refractivity contribution in [1.82, 2.24) is 5.32 Å². The van der Waals surface area contributed by atoms with E-state index in [0.717, 1.165) is 18.5 Å². The summed E-state index contributed by atoms with van der Waals surface area (Å²) < 4.78 is 19.1. The summed E-state index contributed by atoms with van der Waals surface area (Å²) in [7, 11) is 0. The van der Waals surface area contributed by atoms with Gasteiger partial charge in [0.05, 0.1) is 24.8 Å². The molecule has 2 atom stereocenters. The van der Waals surface area contributed by atoms with E-state index in [1.54, 1.807) is 19.1 Å². The highest BCUT2D eigenvalue weighted by atomic mass is 19.1. The summed E-state index contributed by atoms with van der Waals surface area (Å²) >= 11 is 0. The number of ether oxygens (including phenoxy) is 1. The SMILES string of the molecule is CCCNC1COCC1C(=O)Nc1c(C)cccc1F. The first-order chi connectivity index (χ1) is 9.63. The van der Waals surface area contributed by atoms with Gasteiger partial charge in [-0.05, 0) is 31.5 Å². The average molecular weight is 280 g/mol. The number of hydrogen-bond donors (Lipinski definition) is 2. The molecule has 0 radical (unpaired) electrons. The second-order valence-corrected chi connectivity index (χ2v) is 5.13. The van der Waals surface area contributed by atoms with Crippen molar-refractivity contribution in [3.8, 4) is 0 Å². The average Bonchev–Trinajstić information content (AvgIpc) is 2.89. The Labute approximate surface area is 118 Å². The number of nitrogens with one attached hydrogen (secondary N) is 2. The molecular weight excluding hydrogens is 259 g/mol. The standard InChI is InChI=1S/C15H21FN2O2/c1-3-7-17-13-9-20-8-11(13)15(19)18-14-10(2)5-4-6-12(14)16/h4-6,11,13,17H,3,7-9H2,1-2H3,(H,18,19). The highest BCUT2D eigenvalue weighted by Gasteiger charge is 2.34. The van der Waals surface area contributed by atoms with Gasteiger partial charge in [0.25, 0.3) is 0 Å². The predicted molar refractivity (Wildman–Crippen MR) is 76.2 cm³/mol. The lowest BCUT2D eigenvalue weighted by molar-refractivity contribution is -0.120. The zero-order valence-electron chi connectivity index (χ0n) is 11.9. The van der Waals surface area contributed by atoms with Gasteiger partial charge in [-0.25, -0.2) is 4.39 Å². The Kier molecular flexibility index (Phi) is 5.09. The third kappa shape index (κ3) is 3.35. The fourth-order valence-corrected chi connectivity index (χ4v) is 2.35. The number of amides is 1. The molecule has 1 aromatic rings. The van der Waals surface area contributed by atoms with Crippen LogP contribution < -0.4 is 10.6 Å². The van der Waals surface area contributed by atoms with E-state index in [4.69, 9.17) is 4.74 Å². The van der Waals surface area contributed by atoms with Gasteiger partial charge in [-0.1, -0.05) is 19.1 Å². The molecule has 1 saturated heterocycles. The van der Waals surface area contributed by atoms with Gasteiger partial charge in [0.15, 0.2) is 0 Å². The Morgan fingerprint density at radius 1 is 1.45 bits per heavy atom. The zero-order chi connectivity index (χ0) is 14.5. The van der Waals surface area contributed by atoms with E-state index in [0.29, 0.717) is 13.2 Å². The van der Waals surface area contributed by atoms with Crippen LogP contribution in [0.2, 0.25) is 0 Å². The highest BCUT2D eigenvalue weighted by Crippen LogP contribution is 2.22. The molecule has 0 bridgehead atoms. The minimum Gasteiger partial charge on any atom is -0.379 e. The summed E-state index contributed by atoms with van der Waals surface area (Å²) in [6, 6.07) is 4.75. The summed E-state index contributed by atoms with van der Waals surface area (Å²) in [6.45, 7) is 5.59. The minimum atomic E-state index is -0.407. The Bertz CT molecular complexity index is 459. The number of benzene rings is 1. The molecular formula is C15H21FN2O2. The number of para-hydroxylation sites is 1.